The smallest absolute Gasteiger partial charge is 0.191 e. The lowest BCUT2D eigenvalue weighted by Gasteiger charge is -2.14. The van der Waals surface area contributed by atoms with Gasteiger partial charge >= 0.3 is 0 Å². The lowest BCUT2D eigenvalue weighted by Crippen LogP contribution is -2.37. The number of hydrogen-bond donors (Lipinski definition) is 2. The minimum Gasteiger partial charge on any atom is -0.492 e. The van der Waals surface area contributed by atoms with E-state index in [-0.39, 0.29) is 24.0 Å². The number of guanidine groups is 1. The van der Waals surface area contributed by atoms with Gasteiger partial charge in [-0.05, 0) is 33.2 Å². The third kappa shape index (κ3) is 8.17. The van der Waals surface area contributed by atoms with Crippen molar-refractivity contribution >= 4 is 29.9 Å². The Morgan fingerprint density at radius 3 is 2.67 bits per heavy atom. The maximum Gasteiger partial charge on any atom is 0.191 e. The van der Waals surface area contributed by atoms with Gasteiger partial charge in [0, 0.05) is 31.9 Å². The number of para-hydroxylation sites is 1. The van der Waals surface area contributed by atoms with Crippen molar-refractivity contribution in [3.63, 3.8) is 0 Å². The third-order valence-electron chi connectivity index (χ3n) is 3.88. The van der Waals surface area contributed by atoms with Crippen LogP contribution in [0.4, 0.5) is 0 Å². The van der Waals surface area contributed by atoms with Crippen molar-refractivity contribution in [3.8, 4) is 5.75 Å². The molecule has 0 aliphatic carbocycles. The number of benzene rings is 1. The topological polar surface area (TPSA) is 66.7 Å². The quantitative estimate of drug-likeness (QED) is 0.324. The van der Waals surface area contributed by atoms with Gasteiger partial charge in [-0.2, -0.15) is 5.10 Å². The molecule has 0 fully saturated rings. The zero-order chi connectivity index (χ0) is 18.8. The van der Waals surface area contributed by atoms with Crippen LogP contribution in [0.5, 0.6) is 5.75 Å². The fourth-order valence-corrected chi connectivity index (χ4v) is 2.37. The Labute approximate surface area is 179 Å². The number of likely N-dealkylation sites (N-methyl/N-ethyl adjacent to an activating group) is 1. The van der Waals surface area contributed by atoms with Crippen LogP contribution in [0.3, 0.4) is 0 Å². The van der Waals surface area contributed by atoms with E-state index in [0.717, 1.165) is 36.1 Å². The molecular formula is C19H31IN6O. The first-order valence-electron chi connectivity index (χ1n) is 8.94. The van der Waals surface area contributed by atoms with Crippen molar-refractivity contribution in [2.75, 3.05) is 33.8 Å². The second-order valence-electron chi connectivity index (χ2n) is 6.25. The first-order chi connectivity index (χ1) is 12.6. The van der Waals surface area contributed by atoms with Crippen molar-refractivity contribution in [1.82, 2.24) is 25.3 Å². The highest BCUT2D eigenvalue weighted by Crippen LogP contribution is 2.18. The van der Waals surface area contributed by atoms with Gasteiger partial charge in [0.2, 0.25) is 0 Å². The highest BCUT2D eigenvalue weighted by molar-refractivity contribution is 14.0. The van der Waals surface area contributed by atoms with Crippen molar-refractivity contribution in [2.45, 2.75) is 20.0 Å². The van der Waals surface area contributed by atoms with Crippen LogP contribution in [-0.2, 0) is 20.1 Å². The predicted octanol–water partition coefficient (Wildman–Crippen LogP) is 2.23. The fourth-order valence-electron chi connectivity index (χ4n) is 2.37. The Hall–Kier alpha value is -1.81. The molecule has 0 aliphatic heterocycles. The third-order valence-corrected chi connectivity index (χ3v) is 3.88. The van der Waals surface area contributed by atoms with Crippen LogP contribution >= 0.6 is 24.0 Å². The number of rotatable bonds is 9. The van der Waals surface area contributed by atoms with Crippen LogP contribution in [0.25, 0.3) is 0 Å². The summed E-state index contributed by atoms with van der Waals surface area (Å²) in [5.74, 6) is 1.66. The molecule has 0 unspecified atom stereocenters. The summed E-state index contributed by atoms with van der Waals surface area (Å²) in [6, 6.07) is 10.0. The molecule has 0 amide bonds. The van der Waals surface area contributed by atoms with Crippen LogP contribution in [0.1, 0.15) is 18.2 Å². The van der Waals surface area contributed by atoms with Crippen LogP contribution in [0, 0.1) is 0 Å². The van der Waals surface area contributed by atoms with E-state index in [2.05, 4.69) is 33.6 Å². The molecule has 2 aromatic rings. The van der Waals surface area contributed by atoms with Crippen molar-refractivity contribution in [1.29, 1.82) is 0 Å². The Kier molecular flexibility index (Phi) is 10.8. The van der Waals surface area contributed by atoms with E-state index < -0.39 is 0 Å². The maximum absolute atomic E-state index is 5.91. The number of nitrogens with zero attached hydrogens (tertiary/aromatic N) is 4. The van der Waals surface area contributed by atoms with Gasteiger partial charge in [-0.1, -0.05) is 18.2 Å². The summed E-state index contributed by atoms with van der Waals surface area (Å²) < 4.78 is 7.76. The molecule has 0 aliphatic rings. The van der Waals surface area contributed by atoms with Gasteiger partial charge in [0.1, 0.15) is 12.4 Å². The predicted molar refractivity (Wildman–Crippen MR) is 121 cm³/mol. The molecule has 0 saturated carbocycles. The number of aliphatic imine (C=N–C) groups is 1. The molecule has 0 atom stereocenters. The first-order valence-corrected chi connectivity index (χ1v) is 8.94. The van der Waals surface area contributed by atoms with Crippen LogP contribution in [0.2, 0.25) is 0 Å². The zero-order valence-electron chi connectivity index (χ0n) is 16.6. The standard InChI is InChI=1S/C19H30N6O.HI/c1-5-20-19(22-15-17-10-11-23-25(17)4)21-14-16-8-6-7-9-18(16)26-13-12-24(2)3;/h6-11H,5,12-15H2,1-4H3,(H2,20,21,22);1H. The van der Waals surface area contributed by atoms with E-state index in [0.29, 0.717) is 19.7 Å². The molecule has 1 aromatic heterocycles. The van der Waals surface area contributed by atoms with Crippen LogP contribution in [-0.4, -0.2) is 54.4 Å². The minimum atomic E-state index is 0. The second kappa shape index (κ2) is 12.6. The number of aromatic nitrogens is 2. The molecule has 2 N–H and O–H groups in total. The van der Waals surface area contributed by atoms with Gasteiger partial charge in [0.25, 0.3) is 0 Å². The summed E-state index contributed by atoms with van der Waals surface area (Å²) >= 11 is 0. The van der Waals surface area contributed by atoms with Gasteiger partial charge in [-0.25, -0.2) is 4.99 Å². The van der Waals surface area contributed by atoms with Gasteiger partial charge in [-0.15, -0.1) is 24.0 Å². The molecule has 27 heavy (non-hydrogen) atoms. The summed E-state index contributed by atoms with van der Waals surface area (Å²) in [6.45, 7) is 5.62. The second-order valence-corrected chi connectivity index (χ2v) is 6.25. The Balaban J connectivity index is 0.00000364. The Morgan fingerprint density at radius 2 is 2.00 bits per heavy atom. The van der Waals surface area contributed by atoms with Gasteiger partial charge in [-0.3, -0.25) is 4.68 Å². The normalized spacial score (nSPS) is 11.2. The highest BCUT2D eigenvalue weighted by Gasteiger charge is 2.05. The van der Waals surface area contributed by atoms with E-state index in [4.69, 9.17) is 9.73 Å². The molecule has 7 nitrogen and oxygen atoms in total. The molecule has 150 valence electrons. The Bertz CT molecular complexity index is 701. The summed E-state index contributed by atoms with van der Waals surface area (Å²) in [4.78, 5) is 6.79. The molecule has 0 spiro atoms. The van der Waals surface area contributed by atoms with Crippen LogP contribution in [0.15, 0.2) is 41.5 Å². The van der Waals surface area contributed by atoms with Gasteiger partial charge in [0.15, 0.2) is 5.96 Å². The number of hydrogen-bond acceptors (Lipinski definition) is 4. The SMILES string of the molecule is CCNC(=NCc1ccccc1OCCN(C)C)NCc1ccnn1C.I. The minimum absolute atomic E-state index is 0. The largest absolute Gasteiger partial charge is 0.492 e. The van der Waals surface area contributed by atoms with Gasteiger partial charge in [0.05, 0.1) is 18.8 Å². The molecular weight excluding hydrogens is 455 g/mol. The zero-order valence-corrected chi connectivity index (χ0v) is 18.9. The summed E-state index contributed by atoms with van der Waals surface area (Å²) in [6.07, 6.45) is 1.79. The van der Waals surface area contributed by atoms with Gasteiger partial charge < -0.3 is 20.3 Å². The van der Waals surface area contributed by atoms with E-state index in [1.165, 1.54) is 0 Å². The fraction of sp³-hybridized carbons (Fsp3) is 0.474. The molecule has 1 aromatic carbocycles. The molecule has 0 bridgehead atoms. The summed E-state index contributed by atoms with van der Waals surface area (Å²) in [5, 5.41) is 10.8. The monoisotopic (exact) mass is 486 g/mol. The van der Waals surface area contributed by atoms with E-state index in [1.54, 1.807) is 6.20 Å². The molecule has 0 radical (unpaired) electrons. The van der Waals surface area contributed by atoms with E-state index >= 15 is 0 Å². The van der Waals surface area contributed by atoms with Crippen LogP contribution < -0.4 is 15.4 Å². The Morgan fingerprint density at radius 1 is 1.22 bits per heavy atom. The number of aryl methyl sites for hydroxylation is 1. The molecule has 0 saturated heterocycles. The van der Waals surface area contributed by atoms with Crippen molar-refractivity contribution in [3.05, 3.63) is 47.8 Å². The molecule has 2 rings (SSSR count). The average Bonchev–Trinajstić information content (AvgIpc) is 3.03. The average molecular weight is 486 g/mol. The summed E-state index contributed by atoms with van der Waals surface area (Å²) in [7, 11) is 6.01. The lowest BCUT2D eigenvalue weighted by molar-refractivity contribution is 0.259. The number of halogens is 1. The molecule has 1 heterocycles. The van der Waals surface area contributed by atoms with Crippen molar-refractivity contribution < 1.29 is 4.74 Å². The maximum atomic E-state index is 5.91. The highest BCUT2D eigenvalue weighted by atomic mass is 127. The van der Waals surface area contributed by atoms with E-state index in [9.17, 15) is 0 Å². The van der Waals surface area contributed by atoms with Crippen molar-refractivity contribution in [2.24, 2.45) is 12.0 Å². The number of ether oxygens (including phenoxy) is 1. The summed E-state index contributed by atoms with van der Waals surface area (Å²) in [5.41, 5.74) is 2.17. The number of nitrogens with one attached hydrogen (secondary N) is 2. The first kappa shape index (κ1) is 23.2. The molecule has 8 heteroatoms. The lowest BCUT2D eigenvalue weighted by atomic mass is 10.2. The van der Waals surface area contributed by atoms with E-state index in [1.807, 2.05) is 50.1 Å².